The van der Waals surface area contributed by atoms with Gasteiger partial charge in [-0.25, -0.2) is 12.8 Å². The van der Waals surface area contributed by atoms with Gasteiger partial charge in [-0.1, -0.05) is 0 Å². The normalized spacial score (nSPS) is 11.8. The number of rotatable bonds is 5. The van der Waals surface area contributed by atoms with E-state index in [0.717, 1.165) is 6.07 Å². The quantitative estimate of drug-likeness (QED) is 0.771. The monoisotopic (exact) mass is 281 g/mol. The minimum absolute atomic E-state index is 0.0101. The van der Waals surface area contributed by atoms with Crippen molar-refractivity contribution >= 4 is 19.7 Å². The van der Waals surface area contributed by atoms with Crippen molar-refractivity contribution in [2.45, 2.75) is 4.90 Å². The standard InChI is InChI=1S/C10H13ClFNO3S/c1-13(2)5-6-16-10-4-3-8(7-9(10)12)17(11,14)15/h3-4,7H,5-6H2,1-2H3. The molecule has 1 aromatic carbocycles. The van der Waals surface area contributed by atoms with Gasteiger partial charge in [-0.05, 0) is 32.3 Å². The summed E-state index contributed by atoms with van der Waals surface area (Å²) in [5, 5.41) is 0. The smallest absolute Gasteiger partial charge is 0.261 e. The third-order valence-corrected chi connectivity index (χ3v) is 3.33. The molecule has 0 aliphatic carbocycles. The maximum Gasteiger partial charge on any atom is 0.261 e. The zero-order chi connectivity index (χ0) is 13.1. The highest BCUT2D eigenvalue weighted by Crippen LogP contribution is 2.23. The Morgan fingerprint density at radius 1 is 1.41 bits per heavy atom. The van der Waals surface area contributed by atoms with Gasteiger partial charge >= 0.3 is 0 Å². The van der Waals surface area contributed by atoms with E-state index in [1.807, 2.05) is 19.0 Å². The van der Waals surface area contributed by atoms with Crippen molar-refractivity contribution in [1.29, 1.82) is 0 Å². The van der Waals surface area contributed by atoms with Crippen molar-refractivity contribution in [3.63, 3.8) is 0 Å². The van der Waals surface area contributed by atoms with Crippen LogP contribution in [0.1, 0.15) is 0 Å². The van der Waals surface area contributed by atoms with E-state index < -0.39 is 14.9 Å². The highest BCUT2D eigenvalue weighted by molar-refractivity contribution is 8.13. The lowest BCUT2D eigenvalue weighted by Gasteiger charge is -2.11. The van der Waals surface area contributed by atoms with Gasteiger partial charge in [0.15, 0.2) is 11.6 Å². The van der Waals surface area contributed by atoms with Gasteiger partial charge in [0.2, 0.25) is 0 Å². The molecule has 0 saturated heterocycles. The van der Waals surface area contributed by atoms with Crippen molar-refractivity contribution in [1.82, 2.24) is 4.90 Å². The van der Waals surface area contributed by atoms with Gasteiger partial charge in [0.05, 0.1) is 4.90 Å². The van der Waals surface area contributed by atoms with Gasteiger partial charge in [0.25, 0.3) is 9.05 Å². The fourth-order valence-corrected chi connectivity index (χ4v) is 1.85. The Bertz CT molecular complexity index is 490. The average Bonchev–Trinajstić information content (AvgIpc) is 2.18. The first kappa shape index (κ1) is 14.2. The molecule has 4 nitrogen and oxygen atoms in total. The van der Waals surface area contributed by atoms with Crippen LogP contribution in [0, 0.1) is 5.82 Å². The predicted molar refractivity (Wildman–Crippen MR) is 63.5 cm³/mol. The SMILES string of the molecule is CN(C)CCOc1ccc(S(=O)(=O)Cl)cc1F. The molecule has 0 heterocycles. The Balaban J connectivity index is 2.77. The summed E-state index contributed by atoms with van der Waals surface area (Å²) in [6.45, 7) is 0.950. The van der Waals surface area contributed by atoms with Crippen molar-refractivity contribution in [2.24, 2.45) is 0 Å². The van der Waals surface area contributed by atoms with Crippen LogP contribution in [-0.2, 0) is 9.05 Å². The minimum Gasteiger partial charge on any atom is -0.489 e. The first-order valence-corrected chi connectivity index (χ1v) is 7.13. The van der Waals surface area contributed by atoms with E-state index in [0.29, 0.717) is 13.2 Å². The Morgan fingerprint density at radius 2 is 2.06 bits per heavy atom. The van der Waals surface area contributed by atoms with E-state index in [1.165, 1.54) is 12.1 Å². The van der Waals surface area contributed by atoms with Gasteiger partial charge in [-0.3, -0.25) is 0 Å². The fourth-order valence-electron chi connectivity index (χ4n) is 1.09. The second-order valence-electron chi connectivity index (χ2n) is 3.68. The van der Waals surface area contributed by atoms with Crippen LogP contribution in [0.3, 0.4) is 0 Å². The zero-order valence-corrected chi connectivity index (χ0v) is 11.1. The first-order valence-electron chi connectivity index (χ1n) is 4.82. The molecule has 0 saturated carbocycles. The lowest BCUT2D eigenvalue weighted by Crippen LogP contribution is -2.19. The number of hydrogen-bond acceptors (Lipinski definition) is 4. The maximum atomic E-state index is 13.4. The second-order valence-corrected chi connectivity index (χ2v) is 6.25. The summed E-state index contributed by atoms with van der Waals surface area (Å²) >= 11 is 0. The molecule has 0 radical (unpaired) electrons. The molecule has 0 fully saturated rings. The Hall–Kier alpha value is -0.850. The molecular formula is C10H13ClFNO3S. The van der Waals surface area contributed by atoms with Crippen molar-refractivity contribution in [3.8, 4) is 5.75 Å². The Labute approximate surface area is 104 Å². The van der Waals surface area contributed by atoms with Gasteiger partial charge in [-0.15, -0.1) is 0 Å². The predicted octanol–water partition coefficient (Wildman–Crippen LogP) is 1.69. The molecule has 96 valence electrons. The van der Waals surface area contributed by atoms with E-state index in [4.69, 9.17) is 15.4 Å². The van der Waals surface area contributed by atoms with E-state index in [9.17, 15) is 12.8 Å². The summed E-state index contributed by atoms with van der Waals surface area (Å²) in [6.07, 6.45) is 0. The number of nitrogens with zero attached hydrogens (tertiary/aromatic N) is 1. The Kier molecular flexibility index (Phi) is 4.73. The van der Waals surface area contributed by atoms with Gasteiger partial charge in [0.1, 0.15) is 6.61 Å². The molecule has 7 heteroatoms. The van der Waals surface area contributed by atoms with Crippen LogP contribution in [0.4, 0.5) is 4.39 Å². The largest absolute Gasteiger partial charge is 0.489 e. The molecule has 0 unspecified atom stereocenters. The fraction of sp³-hybridized carbons (Fsp3) is 0.400. The van der Waals surface area contributed by atoms with Gasteiger partial charge < -0.3 is 9.64 Å². The third-order valence-electron chi connectivity index (χ3n) is 1.98. The molecule has 0 aromatic heterocycles. The van der Waals surface area contributed by atoms with E-state index >= 15 is 0 Å². The number of benzene rings is 1. The highest BCUT2D eigenvalue weighted by Gasteiger charge is 2.13. The van der Waals surface area contributed by atoms with E-state index in [1.54, 1.807) is 0 Å². The highest BCUT2D eigenvalue weighted by atomic mass is 35.7. The topological polar surface area (TPSA) is 46.6 Å². The Morgan fingerprint density at radius 3 is 2.53 bits per heavy atom. The summed E-state index contributed by atoms with van der Waals surface area (Å²) < 4.78 is 40.5. The number of hydrogen-bond donors (Lipinski definition) is 0. The molecule has 0 aliphatic rings. The third kappa shape index (κ3) is 4.49. The van der Waals surface area contributed by atoms with Crippen molar-refractivity contribution in [2.75, 3.05) is 27.2 Å². The molecule has 0 amide bonds. The van der Waals surface area contributed by atoms with E-state index in [-0.39, 0.29) is 10.6 Å². The number of likely N-dealkylation sites (N-methyl/N-ethyl adjacent to an activating group) is 1. The van der Waals surface area contributed by atoms with E-state index in [2.05, 4.69) is 0 Å². The lowest BCUT2D eigenvalue weighted by molar-refractivity contribution is 0.252. The number of ether oxygens (including phenoxy) is 1. The summed E-state index contributed by atoms with van der Waals surface area (Å²) in [7, 11) is 4.91. The molecule has 0 bridgehead atoms. The van der Waals surface area contributed by atoms with Gasteiger partial charge in [0, 0.05) is 17.2 Å². The molecule has 0 spiro atoms. The van der Waals surface area contributed by atoms with Crippen LogP contribution in [0.5, 0.6) is 5.75 Å². The van der Waals surface area contributed by atoms with Crippen LogP contribution >= 0.6 is 10.7 Å². The second kappa shape index (κ2) is 5.66. The average molecular weight is 282 g/mol. The molecule has 1 aromatic rings. The molecule has 17 heavy (non-hydrogen) atoms. The van der Waals surface area contributed by atoms with Crippen molar-refractivity contribution < 1.29 is 17.5 Å². The van der Waals surface area contributed by atoms with Crippen LogP contribution in [0.15, 0.2) is 23.1 Å². The number of halogens is 2. The molecule has 0 N–H and O–H groups in total. The molecule has 0 atom stereocenters. The maximum absolute atomic E-state index is 13.4. The molecule has 1 rings (SSSR count). The summed E-state index contributed by atoms with van der Waals surface area (Å²) in [5.74, 6) is -0.735. The minimum atomic E-state index is -3.91. The van der Waals surface area contributed by atoms with Gasteiger partial charge in [-0.2, -0.15) is 0 Å². The van der Waals surface area contributed by atoms with Crippen LogP contribution < -0.4 is 4.74 Å². The molecular weight excluding hydrogens is 269 g/mol. The van der Waals surface area contributed by atoms with Crippen molar-refractivity contribution in [3.05, 3.63) is 24.0 Å². The zero-order valence-electron chi connectivity index (χ0n) is 9.48. The lowest BCUT2D eigenvalue weighted by atomic mass is 10.3. The molecule has 0 aliphatic heterocycles. The van der Waals surface area contributed by atoms with Crippen LogP contribution in [-0.4, -0.2) is 40.6 Å². The summed E-state index contributed by atoms with van der Waals surface area (Å²) in [6, 6.07) is 3.30. The first-order chi connectivity index (χ1) is 7.80. The van der Waals surface area contributed by atoms with Crippen LogP contribution in [0.25, 0.3) is 0 Å². The summed E-state index contributed by atoms with van der Waals surface area (Å²) in [4.78, 5) is 1.60. The summed E-state index contributed by atoms with van der Waals surface area (Å²) in [5.41, 5.74) is 0. The van der Waals surface area contributed by atoms with Crippen LogP contribution in [0.2, 0.25) is 0 Å².